The molecule has 0 unspecified atom stereocenters. The zero-order chi connectivity index (χ0) is 17.5. The van der Waals surface area contributed by atoms with Crippen LogP contribution < -0.4 is 14.8 Å². The molecule has 6 heteroatoms. The van der Waals surface area contributed by atoms with Crippen molar-refractivity contribution in [2.24, 2.45) is 0 Å². The maximum atomic E-state index is 5.59. The smallest absolute Gasteiger partial charge is 0.231 e. The summed E-state index contributed by atoms with van der Waals surface area (Å²) in [4.78, 5) is 2.14. The van der Waals surface area contributed by atoms with Gasteiger partial charge in [-0.2, -0.15) is 0 Å². The lowest BCUT2D eigenvalue weighted by Crippen LogP contribution is -2.40. The lowest BCUT2D eigenvalue weighted by Gasteiger charge is -2.26. The number of methoxy groups -OCH3 is 1. The lowest BCUT2D eigenvalue weighted by atomic mass is 10.1. The largest absolute Gasteiger partial charge is 0.454 e. The van der Waals surface area contributed by atoms with Crippen molar-refractivity contribution >= 4 is 17.3 Å². The molecule has 2 aromatic rings. The standard InChI is InChI=1S/C19H22N2O3S/c1-22-10-9-20-19(25)21(12-15-5-3-2-4-6-15)13-16-7-8-17-18(11-16)24-14-23-17/h2-8,11H,9-10,12-14H2,1H3,(H,20,25). The monoisotopic (exact) mass is 358 g/mol. The van der Waals surface area contributed by atoms with Gasteiger partial charge in [0.15, 0.2) is 16.6 Å². The highest BCUT2D eigenvalue weighted by molar-refractivity contribution is 7.80. The first-order chi connectivity index (χ1) is 12.3. The van der Waals surface area contributed by atoms with Gasteiger partial charge in [0.2, 0.25) is 6.79 Å². The van der Waals surface area contributed by atoms with Crippen LogP contribution in [0.1, 0.15) is 11.1 Å². The Morgan fingerprint density at radius 3 is 2.64 bits per heavy atom. The summed E-state index contributed by atoms with van der Waals surface area (Å²) in [6.45, 7) is 2.99. The summed E-state index contributed by atoms with van der Waals surface area (Å²) < 4.78 is 15.9. The Morgan fingerprint density at radius 2 is 1.84 bits per heavy atom. The van der Waals surface area contributed by atoms with Crippen molar-refractivity contribution in [3.05, 3.63) is 59.7 Å². The van der Waals surface area contributed by atoms with Gasteiger partial charge in [-0.3, -0.25) is 0 Å². The summed E-state index contributed by atoms with van der Waals surface area (Å²) in [7, 11) is 1.68. The van der Waals surface area contributed by atoms with Crippen molar-refractivity contribution in [1.82, 2.24) is 10.2 Å². The van der Waals surface area contributed by atoms with Gasteiger partial charge in [0.1, 0.15) is 0 Å². The number of nitrogens with one attached hydrogen (secondary N) is 1. The molecule has 5 nitrogen and oxygen atoms in total. The minimum Gasteiger partial charge on any atom is -0.454 e. The van der Waals surface area contributed by atoms with Crippen LogP contribution in [0.4, 0.5) is 0 Å². The highest BCUT2D eigenvalue weighted by Crippen LogP contribution is 2.32. The van der Waals surface area contributed by atoms with E-state index < -0.39 is 0 Å². The van der Waals surface area contributed by atoms with Crippen LogP contribution in [0.2, 0.25) is 0 Å². The predicted octanol–water partition coefficient (Wildman–Crippen LogP) is 2.94. The minimum absolute atomic E-state index is 0.281. The molecule has 0 aliphatic carbocycles. The maximum absolute atomic E-state index is 5.59. The van der Waals surface area contributed by atoms with E-state index in [1.807, 2.05) is 36.4 Å². The van der Waals surface area contributed by atoms with Crippen LogP contribution in [0.25, 0.3) is 0 Å². The van der Waals surface area contributed by atoms with Crippen molar-refractivity contribution in [3.8, 4) is 11.5 Å². The highest BCUT2D eigenvalue weighted by Gasteiger charge is 2.16. The number of ether oxygens (including phenoxy) is 3. The molecule has 132 valence electrons. The molecule has 0 saturated carbocycles. The molecule has 0 bridgehead atoms. The van der Waals surface area contributed by atoms with Gasteiger partial charge in [-0.05, 0) is 35.5 Å². The van der Waals surface area contributed by atoms with E-state index in [1.165, 1.54) is 5.56 Å². The van der Waals surface area contributed by atoms with E-state index in [9.17, 15) is 0 Å². The number of benzene rings is 2. The fourth-order valence-electron chi connectivity index (χ4n) is 2.63. The van der Waals surface area contributed by atoms with Gasteiger partial charge >= 0.3 is 0 Å². The Balaban J connectivity index is 1.72. The van der Waals surface area contributed by atoms with E-state index in [1.54, 1.807) is 7.11 Å². The summed E-state index contributed by atoms with van der Waals surface area (Å²) in [6, 6.07) is 16.3. The van der Waals surface area contributed by atoms with Gasteiger partial charge in [-0.25, -0.2) is 0 Å². The van der Waals surface area contributed by atoms with E-state index in [4.69, 9.17) is 26.4 Å². The summed E-state index contributed by atoms with van der Waals surface area (Å²) in [5.41, 5.74) is 2.33. The Morgan fingerprint density at radius 1 is 1.08 bits per heavy atom. The van der Waals surface area contributed by atoms with Crippen LogP contribution in [-0.4, -0.2) is 37.1 Å². The Labute approximate surface area is 153 Å². The number of nitrogens with zero attached hydrogens (tertiary/aromatic N) is 1. The third kappa shape index (κ3) is 4.84. The molecule has 0 spiro atoms. The third-order valence-electron chi connectivity index (χ3n) is 3.90. The highest BCUT2D eigenvalue weighted by atomic mass is 32.1. The molecule has 0 fully saturated rings. The van der Waals surface area contributed by atoms with Crippen LogP contribution in [0, 0.1) is 0 Å². The predicted molar refractivity (Wildman–Crippen MR) is 101 cm³/mol. The SMILES string of the molecule is COCCNC(=S)N(Cc1ccccc1)Cc1ccc2c(c1)OCO2. The first-order valence-electron chi connectivity index (χ1n) is 8.20. The summed E-state index contributed by atoms with van der Waals surface area (Å²) in [6.07, 6.45) is 0. The summed E-state index contributed by atoms with van der Waals surface area (Å²) >= 11 is 5.59. The van der Waals surface area contributed by atoms with Crippen LogP contribution in [0.15, 0.2) is 48.5 Å². The molecule has 0 amide bonds. The van der Waals surface area contributed by atoms with E-state index in [0.29, 0.717) is 24.8 Å². The van der Waals surface area contributed by atoms with Gasteiger partial charge in [-0.1, -0.05) is 36.4 Å². The van der Waals surface area contributed by atoms with Crippen molar-refractivity contribution in [2.75, 3.05) is 27.1 Å². The van der Waals surface area contributed by atoms with E-state index in [2.05, 4.69) is 22.3 Å². The van der Waals surface area contributed by atoms with Crippen LogP contribution in [0.3, 0.4) is 0 Å². The van der Waals surface area contributed by atoms with Crippen molar-refractivity contribution < 1.29 is 14.2 Å². The lowest BCUT2D eigenvalue weighted by molar-refractivity contribution is 0.174. The van der Waals surface area contributed by atoms with Gasteiger partial charge in [0, 0.05) is 26.7 Å². The first-order valence-corrected chi connectivity index (χ1v) is 8.61. The number of fused-ring (bicyclic) bond motifs is 1. The topological polar surface area (TPSA) is 43.0 Å². The molecule has 2 aromatic carbocycles. The normalized spacial score (nSPS) is 12.0. The fraction of sp³-hybridized carbons (Fsp3) is 0.316. The quantitative estimate of drug-likeness (QED) is 0.606. The van der Waals surface area contributed by atoms with Gasteiger partial charge in [0.05, 0.1) is 6.61 Å². The molecule has 1 aliphatic heterocycles. The molecule has 0 radical (unpaired) electrons. The molecular weight excluding hydrogens is 336 g/mol. The third-order valence-corrected chi connectivity index (χ3v) is 4.30. The first kappa shape index (κ1) is 17.5. The zero-order valence-electron chi connectivity index (χ0n) is 14.2. The Bertz CT molecular complexity index is 709. The van der Waals surface area contributed by atoms with Gasteiger partial charge in [-0.15, -0.1) is 0 Å². The molecule has 25 heavy (non-hydrogen) atoms. The molecule has 3 rings (SSSR count). The van der Waals surface area contributed by atoms with Crippen LogP contribution >= 0.6 is 12.2 Å². The summed E-state index contributed by atoms with van der Waals surface area (Å²) in [5, 5.41) is 3.96. The second kappa shape index (κ2) is 8.69. The van der Waals surface area contributed by atoms with E-state index in [0.717, 1.165) is 23.6 Å². The fourth-order valence-corrected chi connectivity index (χ4v) is 2.87. The number of rotatable bonds is 7. The minimum atomic E-state index is 0.281. The van der Waals surface area contributed by atoms with Crippen molar-refractivity contribution in [2.45, 2.75) is 13.1 Å². The van der Waals surface area contributed by atoms with Gasteiger partial charge in [0.25, 0.3) is 0 Å². The molecule has 0 saturated heterocycles. The molecule has 0 aromatic heterocycles. The molecular formula is C19H22N2O3S. The zero-order valence-corrected chi connectivity index (χ0v) is 15.1. The number of hydrogen-bond donors (Lipinski definition) is 1. The average Bonchev–Trinajstić information content (AvgIpc) is 3.10. The van der Waals surface area contributed by atoms with E-state index >= 15 is 0 Å². The number of thiocarbonyl (C=S) groups is 1. The van der Waals surface area contributed by atoms with Crippen molar-refractivity contribution in [3.63, 3.8) is 0 Å². The molecule has 0 atom stereocenters. The average molecular weight is 358 g/mol. The van der Waals surface area contributed by atoms with Crippen LogP contribution in [-0.2, 0) is 17.8 Å². The van der Waals surface area contributed by atoms with E-state index in [-0.39, 0.29) is 6.79 Å². The Kier molecular flexibility index (Phi) is 6.09. The number of hydrogen-bond acceptors (Lipinski definition) is 4. The van der Waals surface area contributed by atoms with Crippen LogP contribution in [0.5, 0.6) is 11.5 Å². The maximum Gasteiger partial charge on any atom is 0.231 e. The Hall–Kier alpha value is -2.31. The van der Waals surface area contributed by atoms with Gasteiger partial charge < -0.3 is 24.4 Å². The second-order valence-corrected chi connectivity index (χ2v) is 6.14. The second-order valence-electron chi connectivity index (χ2n) is 5.75. The van der Waals surface area contributed by atoms with Crippen molar-refractivity contribution in [1.29, 1.82) is 0 Å². The molecule has 1 heterocycles. The molecule has 1 N–H and O–H groups in total. The molecule has 1 aliphatic rings. The summed E-state index contributed by atoms with van der Waals surface area (Å²) in [5.74, 6) is 1.58.